The molecule has 2 N–H and O–H groups in total. The lowest BCUT2D eigenvalue weighted by molar-refractivity contribution is 0.134. The van der Waals surface area contributed by atoms with Crippen LogP contribution in [0, 0.1) is 12.3 Å². The SMILES string of the molecule is Cc1nc2ccccc2nc1NCC(c1ccccc1)C(C)(C)CO. The minimum atomic E-state index is -0.244. The van der Waals surface area contributed by atoms with E-state index in [-0.39, 0.29) is 17.9 Å². The molecule has 1 aromatic heterocycles. The summed E-state index contributed by atoms with van der Waals surface area (Å²) in [5.74, 6) is 0.958. The number of nitrogens with one attached hydrogen (secondary N) is 1. The van der Waals surface area contributed by atoms with Crippen molar-refractivity contribution in [2.45, 2.75) is 26.7 Å². The lowest BCUT2D eigenvalue weighted by Crippen LogP contribution is -2.31. The highest BCUT2D eigenvalue weighted by Gasteiger charge is 2.30. The minimum Gasteiger partial charge on any atom is -0.396 e. The summed E-state index contributed by atoms with van der Waals surface area (Å²) in [5, 5.41) is 13.3. The van der Waals surface area contributed by atoms with Gasteiger partial charge in [-0.15, -0.1) is 0 Å². The molecule has 0 saturated heterocycles. The number of anilines is 1. The molecule has 3 rings (SSSR count). The summed E-state index contributed by atoms with van der Waals surface area (Å²) in [6.07, 6.45) is 0. The van der Waals surface area contributed by atoms with Crippen LogP contribution < -0.4 is 5.32 Å². The Morgan fingerprint density at radius 3 is 2.20 bits per heavy atom. The van der Waals surface area contributed by atoms with Crippen LogP contribution in [0.1, 0.15) is 31.0 Å². The Hall–Kier alpha value is -2.46. The van der Waals surface area contributed by atoms with Crippen molar-refractivity contribution in [2.24, 2.45) is 5.41 Å². The van der Waals surface area contributed by atoms with E-state index in [9.17, 15) is 5.11 Å². The van der Waals surface area contributed by atoms with Gasteiger partial charge in [0.15, 0.2) is 0 Å². The maximum absolute atomic E-state index is 9.86. The summed E-state index contributed by atoms with van der Waals surface area (Å²) < 4.78 is 0. The molecule has 1 unspecified atom stereocenters. The van der Waals surface area contributed by atoms with Gasteiger partial charge in [-0.2, -0.15) is 0 Å². The standard InChI is InChI=1S/C21H25N3O/c1-15-20(24-19-12-8-7-11-18(19)23-15)22-13-17(21(2,3)14-25)16-9-5-4-6-10-16/h4-12,17,25H,13-14H2,1-3H3,(H,22,24). The number of fused-ring (bicyclic) bond motifs is 1. The van der Waals surface area contributed by atoms with Crippen LogP contribution in [0.5, 0.6) is 0 Å². The lowest BCUT2D eigenvalue weighted by atomic mass is 9.75. The first-order chi connectivity index (χ1) is 12.0. The van der Waals surface area contributed by atoms with E-state index in [1.165, 1.54) is 5.56 Å². The van der Waals surface area contributed by atoms with Crippen molar-refractivity contribution < 1.29 is 5.11 Å². The Bertz CT molecular complexity index is 846. The van der Waals surface area contributed by atoms with Crippen LogP contribution in [-0.4, -0.2) is 28.2 Å². The van der Waals surface area contributed by atoms with E-state index in [4.69, 9.17) is 4.98 Å². The summed E-state index contributed by atoms with van der Waals surface area (Å²) in [5.41, 5.74) is 3.63. The fraction of sp³-hybridized carbons (Fsp3) is 0.333. The second-order valence-electron chi connectivity index (χ2n) is 7.14. The zero-order chi connectivity index (χ0) is 17.9. The van der Waals surface area contributed by atoms with Crippen LogP contribution in [0.2, 0.25) is 0 Å². The number of aromatic nitrogens is 2. The zero-order valence-electron chi connectivity index (χ0n) is 15.0. The topological polar surface area (TPSA) is 58.0 Å². The number of hydrogen-bond acceptors (Lipinski definition) is 4. The quantitative estimate of drug-likeness (QED) is 0.710. The molecule has 4 nitrogen and oxygen atoms in total. The van der Waals surface area contributed by atoms with Gasteiger partial charge in [-0.1, -0.05) is 56.3 Å². The molecule has 4 heteroatoms. The fourth-order valence-corrected chi connectivity index (χ4v) is 3.10. The number of aliphatic hydroxyl groups is 1. The molecule has 0 aliphatic heterocycles. The van der Waals surface area contributed by atoms with Gasteiger partial charge < -0.3 is 10.4 Å². The average molecular weight is 335 g/mol. The van der Waals surface area contributed by atoms with Crippen LogP contribution in [0.3, 0.4) is 0 Å². The molecule has 25 heavy (non-hydrogen) atoms. The largest absolute Gasteiger partial charge is 0.396 e. The Labute approximate surface area is 149 Å². The molecule has 0 radical (unpaired) electrons. The Balaban J connectivity index is 1.87. The van der Waals surface area contributed by atoms with Gasteiger partial charge in [-0.3, -0.25) is 0 Å². The summed E-state index contributed by atoms with van der Waals surface area (Å²) in [4.78, 5) is 9.35. The molecule has 2 aromatic carbocycles. The molecule has 1 atom stereocenters. The number of benzene rings is 2. The molecular weight excluding hydrogens is 310 g/mol. The normalized spacial score (nSPS) is 13.0. The number of aliphatic hydroxyl groups excluding tert-OH is 1. The highest BCUT2D eigenvalue weighted by Crippen LogP contribution is 2.35. The van der Waals surface area contributed by atoms with Gasteiger partial charge in [0.25, 0.3) is 0 Å². The molecule has 1 heterocycles. The highest BCUT2D eigenvalue weighted by atomic mass is 16.3. The van der Waals surface area contributed by atoms with Crippen molar-refractivity contribution in [3.05, 3.63) is 65.9 Å². The molecular formula is C21H25N3O. The van der Waals surface area contributed by atoms with Gasteiger partial charge in [0.05, 0.1) is 16.7 Å². The van der Waals surface area contributed by atoms with Gasteiger partial charge in [-0.05, 0) is 30.0 Å². The van der Waals surface area contributed by atoms with E-state index < -0.39 is 0 Å². The first-order valence-corrected chi connectivity index (χ1v) is 8.64. The van der Waals surface area contributed by atoms with Crippen molar-refractivity contribution in [1.82, 2.24) is 9.97 Å². The molecule has 130 valence electrons. The molecule has 0 aliphatic carbocycles. The van der Waals surface area contributed by atoms with Crippen LogP contribution in [0.15, 0.2) is 54.6 Å². The Morgan fingerprint density at radius 2 is 1.56 bits per heavy atom. The van der Waals surface area contributed by atoms with Crippen LogP contribution in [0.25, 0.3) is 11.0 Å². The third kappa shape index (κ3) is 3.80. The molecule has 0 saturated carbocycles. The maximum atomic E-state index is 9.86. The predicted octanol–water partition coefficient (Wildman–Crippen LogP) is 4.15. The molecule has 0 bridgehead atoms. The first-order valence-electron chi connectivity index (χ1n) is 8.64. The fourth-order valence-electron chi connectivity index (χ4n) is 3.10. The summed E-state index contributed by atoms with van der Waals surface area (Å²) in [7, 11) is 0. The van der Waals surface area contributed by atoms with E-state index in [2.05, 4.69) is 36.3 Å². The molecule has 0 aliphatic rings. The van der Waals surface area contributed by atoms with E-state index in [0.29, 0.717) is 6.54 Å². The van der Waals surface area contributed by atoms with Gasteiger partial charge in [0, 0.05) is 19.1 Å². The Kier molecular flexibility index (Phi) is 5.00. The van der Waals surface area contributed by atoms with E-state index in [1.54, 1.807) is 0 Å². The van der Waals surface area contributed by atoms with Crippen molar-refractivity contribution in [1.29, 1.82) is 0 Å². The number of para-hydroxylation sites is 2. The van der Waals surface area contributed by atoms with Crippen molar-refractivity contribution in [3.63, 3.8) is 0 Å². The third-order valence-electron chi connectivity index (χ3n) is 4.77. The van der Waals surface area contributed by atoms with Crippen LogP contribution >= 0.6 is 0 Å². The van der Waals surface area contributed by atoms with Gasteiger partial charge >= 0.3 is 0 Å². The third-order valence-corrected chi connectivity index (χ3v) is 4.77. The van der Waals surface area contributed by atoms with E-state index >= 15 is 0 Å². The number of nitrogens with zero attached hydrogens (tertiary/aromatic N) is 2. The van der Waals surface area contributed by atoms with Gasteiger partial charge in [0.2, 0.25) is 0 Å². The maximum Gasteiger partial charge on any atom is 0.148 e. The van der Waals surface area contributed by atoms with Crippen molar-refractivity contribution >= 4 is 16.9 Å². The van der Waals surface area contributed by atoms with Gasteiger partial charge in [0.1, 0.15) is 5.82 Å². The zero-order valence-corrected chi connectivity index (χ0v) is 15.0. The molecule has 0 spiro atoms. The Morgan fingerprint density at radius 1 is 0.960 bits per heavy atom. The van der Waals surface area contributed by atoms with Crippen LogP contribution in [-0.2, 0) is 0 Å². The monoisotopic (exact) mass is 335 g/mol. The van der Waals surface area contributed by atoms with E-state index in [1.807, 2.05) is 49.4 Å². The molecule has 3 aromatic rings. The van der Waals surface area contributed by atoms with Gasteiger partial charge in [-0.25, -0.2) is 9.97 Å². The summed E-state index contributed by atoms with van der Waals surface area (Å²) in [6, 6.07) is 18.2. The molecule has 0 fully saturated rings. The first kappa shape index (κ1) is 17.4. The predicted molar refractivity (Wildman–Crippen MR) is 103 cm³/mol. The van der Waals surface area contributed by atoms with Crippen LogP contribution in [0.4, 0.5) is 5.82 Å². The van der Waals surface area contributed by atoms with Crippen molar-refractivity contribution in [3.8, 4) is 0 Å². The number of rotatable bonds is 6. The molecule has 0 amide bonds. The minimum absolute atomic E-state index is 0.122. The lowest BCUT2D eigenvalue weighted by Gasteiger charge is -2.33. The smallest absolute Gasteiger partial charge is 0.148 e. The average Bonchev–Trinajstić information content (AvgIpc) is 2.63. The number of hydrogen-bond donors (Lipinski definition) is 2. The summed E-state index contributed by atoms with van der Waals surface area (Å²) >= 11 is 0. The van der Waals surface area contributed by atoms with Crippen molar-refractivity contribution in [2.75, 3.05) is 18.5 Å². The van der Waals surface area contributed by atoms with E-state index in [0.717, 1.165) is 22.5 Å². The highest BCUT2D eigenvalue weighted by molar-refractivity contribution is 5.76. The second-order valence-corrected chi connectivity index (χ2v) is 7.14. The number of aryl methyl sites for hydroxylation is 1. The second kappa shape index (κ2) is 7.19. The summed E-state index contributed by atoms with van der Waals surface area (Å²) in [6.45, 7) is 6.95.